The lowest BCUT2D eigenvalue weighted by Crippen LogP contribution is -2.36. The molecule has 0 aliphatic heterocycles. The first-order valence-electron chi connectivity index (χ1n) is 9.10. The van der Waals surface area contributed by atoms with Gasteiger partial charge in [0.05, 0.1) is 11.5 Å². The Balaban J connectivity index is 1.59. The molecule has 0 radical (unpaired) electrons. The maximum Gasteiger partial charge on any atom is 0.338 e. The van der Waals surface area contributed by atoms with Crippen LogP contribution >= 0.6 is 0 Å². The van der Waals surface area contributed by atoms with E-state index in [1.165, 1.54) is 0 Å². The molecule has 1 saturated carbocycles. The van der Waals surface area contributed by atoms with E-state index >= 15 is 0 Å². The first-order chi connectivity index (χ1) is 12.5. The van der Waals surface area contributed by atoms with Crippen LogP contribution < -0.4 is 0 Å². The molecule has 2 aromatic rings. The van der Waals surface area contributed by atoms with Crippen molar-refractivity contribution in [3.63, 3.8) is 0 Å². The molecule has 0 saturated heterocycles. The van der Waals surface area contributed by atoms with Gasteiger partial charge < -0.3 is 4.74 Å². The van der Waals surface area contributed by atoms with Gasteiger partial charge in [0.15, 0.2) is 5.78 Å². The molecule has 132 valence electrons. The van der Waals surface area contributed by atoms with Crippen LogP contribution in [0.2, 0.25) is 0 Å². The molecule has 0 amide bonds. The Bertz CT molecular complexity index is 896. The minimum atomic E-state index is -0.383. The van der Waals surface area contributed by atoms with Crippen molar-refractivity contribution >= 4 is 11.8 Å². The van der Waals surface area contributed by atoms with Gasteiger partial charge in [-0.05, 0) is 44.4 Å². The number of hydrogen-bond acceptors (Lipinski definition) is 3. The van der Waals surface area contributed by atoms with E-state index in [0.29, 0.717) is 11.1 Å². The summed E-state index contributed by atoms with van der Waals surface area (Å²) >= 11 is 0. The van der Waals surface area contributed by atoms with Gasteiger partial charge >= 0.3 is 5.97 Å². The summed E-state index contributed by atoms with van der Waals surface area (Å²) in [5.74, 6) is -0.273. The summed E-state index contributed by atoms with van der Waals surface area (Å²) in [4.78, 5) is 25.8. The number of hydrogen-bond donors (Lipinski definition) is 0. The Morgan fingerprint density at radius 3 is 2.19 bits per heavy atom. The Hall–Kier alpha value is -2.68. The van der Waals surface area contributed by atoms with Crippen LogP contribution in [0.4, 0.5) is 0 Å². The molecule has 2 aliphatic carbocycles. The number of benzene rings is 2. The van der Waals surface area contributed by atoms with Crippen LogP contribution in [0.1, 0.15) is 38.3 Å². The van der Waals surface area contributed by atoms with E-state index in [1.54, 1.807) is 6.07 Å². The van der Waals surface area contributed by atoms with Crippen molar-refractivity contribution in [1.82, 2.24) is 0 Å². The van der Waals surface area contributed by atoms with Crippen LogP contribution in [0.15, 0.2) is 60.7 Å². The van der Waals surface area contributed by atoms with E-state index in [-0.39, 0.29) is 35.6 Å². The second-order valence-electron chi connectivity index (χ2n) is 7.45. The van der Waals surface area contributed by atoms with Crippen molar-refractivity contribution in [3.05, 3.63) is 82.9 Å². The third kappa shape index (κ3) is 2.98. The fourth-order valence-corrected chi connectivity index (χ4v) is 4.24. The van der Waals surface area contributed by atoms with Crippen LogP contribution in [-0.2, 0) is 4.74 Å². The van der Waals surface area contributed by atoms with E-state index in [9.17, 15) is 9.59 Å². The number of allylic oxidation sites excluding steroid dienone is 1. The van der Waals surface area contributed by atoms with Crippen LogP contribution in [0.3, 0.4) is 0 Å². The number of fused-ring (bicyclic) bond motifs is 2. The third-order valence-electron chi connectivity index (χ3n) is 5.49. The first kappa shape index (κ1) is 16.8. The Kier molecular flexibility index (Phi) is 4.23. The van der Waals surface area contributed by atoms with Crippen molar-refractivity contribution in [3.8, 4) is 0 Å². The molecule has 2 aliphatic rings. The highest BCUT2D eigenvalue weighted by atomic mass is 16.5. The monoisotopic (exact) mass is 346 g/mol. The minimum absolute atomic E-state index is 0.0765. The summed E-state index contributed by atoms with van der Waals surface area (Å²) < 4.78 is 5.86. The number of carbonyl (C=O) groups is 2. The average Bonchev–Trinajstić information content (AvgIpc) is 3.22. The molecule has 0 spiro atoms. The molecule has 2 aromatic carbocycles. The van der Waals surface area contributed by atoms with Crippen LogP contribution in [0.5, 0.6) is 0 Å². The van der Waals surface area contributed by atoms with E-state index in [1.807, 2.05) is 56.3 Å². The predicted molar refractivity (Wildman–Crippen MR) is 100 cm³/mol. The smallest absolute Gasteiger partial charge is 0.338 e. The summed E-state index contributed by atoms with van der Waals surface area (Å²) in [6.45, 7) is 3.92. The van der Waals surface area contributed by atoms with Crippen LogP contribution in [-0.4, -0.2) is 17.9 Å². The van der Waals surface area contributed by atoms with Crippen molar-refractivity contribution in [2.75, 3.05) is 0 Å². The highest BCUT2D eigenvalue weighted by molar-refractivity contribution is 5.99. The van der Waals surface area contributed by atoms with Crippen molar-refractivity contribution in [2.45, 2.75) is 26.4 Å². The van der Waals surface area contributed by atoms with E-state index in [2.05, 4.69) is 12.2 Å². The quantitative estimate of drug-likeness (QED) is 0.464. The van der Waals surface area contributed by atoms with E-state index in [0.717, 1.165) is 17.5 Å². The summed E-state index contributed by atoms with van der Waals surface area (Å²) in [6.07, 6.45) is 4.71. The average molecular weight is 346 g/mol. The molecule has 3 heteroatoms. The molecule has 3 nitrogen and oxygen atoms in total. The molecule has 26 heavy (non-hydrogen) atoms. The molecule has 4 rings (SSSR count). The number of carbonyl (C=O) groups excluding carboxylic acids is 2. The maximum absolute atomic E-state index is 13.1. The molecule has 0 heterocycles. The zero-order valence-electron chi connectivity index (χ0n) is 15.0. The molecule has 4 atom stereocenters. The predicted octanol–water partition coefficient (Wildman–Crippen LogP) is 4.53. The maximum atomic E-state index is 13.1. The summed E-state index contributed by atoms with van der Waals surface area (Å²) in [5, 5.41) is 0. The first-order valence-corrected chi connectivity index (χ1v) is 9.10. The second-order valence-corrected chi connectivity index (χ2v) is 7.45. The molecule has 0 N–H and O–H groups in total. The third-order valence-corrected chi connectivity index (χ3v) is 5.49. The standard InChI is InChI=1S/C23H22O3/c1-14-5-3-7-17(11-14)21(24)20-16-9-10-18(13-16)22(20)26-23(25)19-8-4-6-15(2)12-19/h3-12,16,18,20,22H,13H2,1-2H3/t16-,18+,20+,22-/m0/s1. The number of rotatable bonds is 4. The summed E-state index contributed by atoms with van der Waals surface area (Å²) in [7, 11) is 0. The van der Waals surface area contributed by atoms with Gasteiger partial charge in [-0.2, -0.15) is 0 Å². The van der Waals surface area contributed by atoms with Crippen LogP contribution in [0, 0.1) is 31.6 Å². The minimum Gasteiger partial charge on any atom is -0.457 e. The Labute approximate surface area is 153 Å². The van der Waals surface area contributed by atoms with E-state index in [4.69, 9.17) is 4.74 Å². The SMILES string of the molecule is Cc1cccc(C(=O)O[C@@H]2[C@@H](C(=O)c3cccc(C)c3)[C@H]3C=C[C@@H]2C3)c1. The molecular weight excluding hydrogens is 324 g/mol. The fraction of sp³-hybridized carbons (Fsp3) is 0.304. The van der Waals surface area contributed by atoms with Gasteiger partial charge in [-0.15, -0.1) is 0 Å². The number of Topliss-reactive ketones (excluding diaryl/α,β-unsaturated/α-hetero) is 1. The van der Waals surface area contributed by atoms with Crippen LogP contribution in [0.25, 0.3) is 0 Å². The zero-order chi connectivity index (χ0) is 18.3. The van der Waals surface area contributed by atoms with Gasteiger partial charge in [0, 0.05) is 11.5 Å². The molecule has 0 unspecified atom stereocenters. The normalized spacial score (nSPS) is 26.1. The highest BCUT2D eigenvalue weighted by Crippen LogP contribution is 2.46. The van der Waals surface area contributed by atoms with Crippen molar-refractivity contribution < 1.29 is 14.3 Å². The molecular formula is C23H22O3. The van der Waals surface area contributed by atoms with Gasteiger partial charge in [0.1, 0.15) is 6.10 Å². The lowest BCUT2D eigenvalue weighted by molar-refractivity contribution is 0.0113. The number of ether oxygens (including phenoxy) is 1. The lowest BCUT2D eigenvalue weighted by atomic mass is 9.84. The molecule has 2 bridgehead atoms. The largest absolute Gasteiger partial charge is 0.457 e. The summed E-state index contributed by atoms with van der Waals surface area (Å²) in [5.41, 5.74) is 3.31. The fourth-order valence-electron chi connectivity index (χ4n) is 4.24. The number of ketones is 1. The second kappa shape index (κ2) is 6.56. The van der Waals surface area contributed by atoms with Gasteiger partial charge in [0.2, 0.25) is 0 Å². The summed E-state index contributed by atoms with van der Waals surface area (Å²) in [6, 6.07) is 15.0. The Morgan fingerprint density at radius 2 is 1.50 bits per heavy atom. The van der Waals surface area contributed by atoms with Gasteiger partial charge in [-0.1, -0.05) is 53.6 Å². The van der Waals surface area contributed by atoms with Gasteiger partial charge in [-0.3, -0.25) is 4.79 Å². The lowest BCUT2D eigenvalue weighted by Gasteiger charge is -2.27. The van der Waals surface area contributed by atoms with Gasteiger partial charge in [0.25, 0.3) is 0 Å². The van der Waals surface area contributed by atoms with Crippen molar-refractivity contribution in [1.29, 1.82) is 0 Å². The number of esters is 1. The Morgan fingerprint density at radius 1 is 0.885 bits per heavy atom. The van der Waals surface area contributed by atoms with Crippen molar-refractivity contribution in [2.24, 2.45) is 17.8 Å². The zero-order valence-corrected chi connectivity index (χ0v) is 15.0. The highest BCUT2D eigenvalue weighted by Gasteiger charge is 2.50. The number of aryl methyl sites for hydroxylation is 2. The topological polar surface area (TPSA) is 43.4 Å². The molecule has 1 fully saturated rings. The molecule has 0 aromatic heterocycles. The van der Waals surface area contributed by atoms with E-state index < -0.39 is 0 Å². The van der Waals surface area contributed by atoms with Gasteiger partial charge in [-0.25, -0.2) is 4.79 Å².